The van der Waals surface area contributed by atoms with Gasteiger partial charge in [0, 0.05) is 28.3 Å². The number of hydrogen-bond acceptors (Lipinski definition) is 4. The molecule has 3 aromatic carbocycles. The highest BCUT2D eigenvalue weighted by atomic mass is 31.2. The van der Waals surface area contributed by atoms with Crippen LogP contribution in [-0.2, 0) is 11.6 Å². The number of rotatable bonds is 5. The van der Waals surface area contributed by atoms with Crippen LogP contribution < -0.4 is 25.4 Å². The number of fused-ring (bicyclic) bond motifs is 1. The molecule has 0 saturated heterocycles. The van der Waals surface area contributed by atoms with Crippen molar-refractivity contribution >= 4 is 34.0 Å². The molecule has 0 fully saturated rings. The number of hydrogen-bond donors (Lipinski definition) is 0. The summed E-state index contributed by atoms with van der Waals surface area (Å²) < 4.78 is 27.1. The molecule has 0 radical (unpaired) electrons. The quantitative estimate of drug-likeness (QED) is 0.490. The van der Waals surface area contributed by atoms with Crippen LogP contribution in [0, 0.1) is 0 Å². The minimum atomic E-state index is -3.13. The monoisotopic (exact) mass is 392 g/mol. The molecule has 0 spiro atoms. The van der Waals surface area contributed by atoms with E-state index in [9.17, 15) is 4.57 Å². The van der Waals surface area contributed by atoms with E-state index in [1.54, 1.807) is 25.1 Å². The molecule has 0 saturated carbocycles. The Labute approximate surface area is 163 Å². The molecule has 0 bridgehead atoms. The van der Waals surface area contributed by atoms with Crippen LogP contribution in [-0.4, -0.2) is 24.0 Å². The summed E-state index contributed by atoms with van der Waals surface area (Å²) >= 11 is 0. The normalized spacial score (nSPS) is 11.5. The van der Waals surface area contributed by atoms with Crippen LogP contribution in [0.1, 0.15) is 0 Å². The fraction of sp³-hybridized carbons (Fsp3) is 0.136. The van der Waals surface area contributed by atoms with E-state index in [0.717, 1.165) is 38.3 Å². The first-order valence-electron chi connectivity index (χ1n) is 8.88. The molecule has 0 atom stereocenters. The van der Waals surface area contributed by atoms with Crippen molar-refractivity contribution in [2.75, 3.05) is 14.2 Å². The third-order valence-electron chi connectivity index (χ3n) is 4.98. The summed E-state index contributed by atoms with van der Waals surface area (Å²) in [4.78, 5) is 0. The summed E-state index contributed by atoms with van der Waals surface area (Å²) in [6, 6.07) is 20.7. The molecule has 6 heteroatoms. The maximum absolute atomic E-state index is 14.7. The Morgan fingerprint density at radius 3 is 1.86 bits per heavy atom. The van der Waals surface area contributed by atoms with Crippen molar-refractivity contribution in [2.24, 2.45) is 7.05 Å². The van der Waals surface area contributed by atoms with Gasteiger partial charge in [0.1, 0.15) is 11.5 Å². The molecule has 0 amide bonds. The first kappa shape index (κ1) is 18.3. The number of methoxy groups -OCH3 is 2. The Hall–Kier alpha value is -3.04. The van der Waals surface area contributed by atoms with Crippen molar-refractivity contribution in [3.8, 4) is 11.5 Å². The van der Waals surface area contributed by atoms with Gasteiger partial charge >= 0.3 is 0 Å². The largest absolute Gasteiger partial charge is 0.497 e. The SMILES string of the molecule is COc1ccc(P(=O)(c2ccc(OC)cc2)c2cccc3c2cnn3C)cc1. The van der Waals surface area contributed by atoms with Crippen LogP contribution in [0.4, 0.5) is 0 Å². The van der Waals surface area contributed by atoms with E-state index in [1.807, 2.05) is 73.8 Å². The number of aryl methyl sites for hydroxylation is 1. The molecular formula is C22H21N2O3P. The van der Waals surface area contributed by atoms with Gasteiger partial charge in [0.2, 0.25) is 0 Å². The van der Waals surface area contributed by atoms with Crippen molar-refractivity contribution in [2.45, 2.75) is 0 Å². The third kappa shape index (κ3) is 2.88. The Morgan fingerprint density at radius 2 is 1.36 bits per heavy atom. The van der Waals surface area contributed by atoms with E-state index in [4.69, 9.17) is 9.47 Å². The highest BCUT2D eigenvalue weighted by Gasteiger charge is 2.32. The van der Waals surface area contributed by atoms with Gasteiger partial charge in [-0.2, -0.15) is 5.10 Å². The molecule has 0 aliphatic carbocycles. The zero-order chi connectivity index (χ0) is 19.7. The average Bonchev–Trinajstić information content (AvgIpc) is 3.14. The molecule has 0 aliphatic rings. The minimum Gasteiger partial charge on any atom is -0.497 e. The van der Waals surface area contributed by atoms with Crippen LogP contribution >= 0.6 is 7.14 Å². The zero-order valence-corrected chi connectivity index (χ0v) is 16.9. The van der Waals surface area contributed by atoms with Gasteiger partial charge in [-0.3, -0.25) is 4.68 Å². The molecular weight excluding hydrogens is 371 g/mol. The zero-order valence-electron chi connectivity index (χ0n) is 16.0. The van der Waals surface area contributed by atoms with Crippen molar-refractivity contribution in [1.29, 1.82) is 0 Å². The Morgan fingerprint density at radius 1 is 0.821 bits per heavy atom. The lowest BCUT2D eigenvalue weighted by Gasteiger charge is -2.21. The second kappa shape index (κ2) is 7.17. The van der Waals surface area contributed by atoms with Crippen LogP contribution in [0.3, 0.4) is 0 Å². The summed E-state index contributed by atoms with van der Waals surface area (Å²) in [5, 5.41) is 7.52. The highest BCUT2D eigenvalue weighted by Crippen LogP contribution is 2.44. The fourth-order valence-electron chi connectivity index (χ4n) is 3.45. The summed E-state index contributed by atoms with van der Waals surface area (Å²) in [7, 11) is 1.99. The Balaban J connectivity index is 2.00. The van der Waals surface area contributed by atoms with Gasteiger partial charge in [-0.15, -0.1) is 0 Å². The van der Waals surface area contributed by atoms with Crippen LogP contribution in [0.5, 0.6) is 11.5 Å². The smallest absolute Gasteiger partial charge is 0.171 e. The van der Waals surface area contributed by atoms with Crippen molar-refractivity contribution in [3.63, 3.8) is 0 Å². The van der Waals surface area contributed by atoms with Gasteiger partial charge in [0.15, 0.2) is 7.14 Å². The van der Waals surface area contributed by atoms with E-state index in [1.165, 1.54) is 0 Å². The van der Waals surface area contributed by atoms with Gasteiger partial charge in [-0.1, -0.05) is 12.1 Å². The number of benzene rings is 3. The molecule has 0 aliphatic heterocycles. The van der Waals surface area contributed by atoms with E-state index in [0.29, 0.717) is 0 Å². The van der Waals surface area contributed by atoms with E-state index >= 15 is 0 Å². The molecule has 0 unspecified atom stereocenters. The van der Waals surface area contributed by atoms with Crippen molar-refractivity contribution in [1.82, 2.24) is 9.78 Å². The molecule has 4 aromatic rings. The standard InChI is InChI=1S/C22H21N2O3P/c1-24-21-5-4-6-22(20(21)15-23-24)28(25,18-11-7-16(26-2)8-12-18)19-13-9-17(27-3)10-14-19/h4-15H,1-3H3. The molecule has 28 heavy (non-hydrogen) atoms. The lowest BCUT2D eigenvalue weighted by atomic mass is 10.2. The van der Waals surface area contributed by atoms with Gasteiger partial charge in [0.25, 0.3) is 0 Å². The number of nitrogens with zero attached hydrogens (tertiary/aromatic N) is 2. The molecule has 0 N–H and O–H groups in total. The first-order chi connectivity index (χ1) is 13.6. The predicted molar refractivity (Wildman–Crippen MR) is 113 cm³/mol. The van der Waals surface area contributed by atoms with E-state index in [-0.39, 0.29) is 0 Å². The van der Waals surface area contributed by atoms with Crippen LogP contribution in [0.2, 0.25) is 0 Å². The Bertz CT molecular complexity index is 1110. The second-order valence-electron chi connectivity index (χ2n) is 6.48. The fourth-order valence-corrected chi connectivity index (χ4v) is 6.25. The Kier molecular flexibility index (Phi) is 4.70. The summed E-state index contributed by atoms with van der Waals surface area (Å²) in [5.74, 6) is 1.45. The van der Waals surface area contributed by atoms with E-state index < -0.39 is 7.14 Å². The van der Waals surface area contributed by atoms with Gasteiger partial charge in [0.05, 0.1) is 25.9 Å². The number of ether oxygens (including phenoxy) is 2. The molecule has 1 heterocycles. The van der Waals surface area contributed by atoms with Gasteiger partial charge in [-0.25, -0.2) is 0 Å². The van der Waals surface area contributed by atoms with Crippen molar-refractivity contribution in [3.05, 3.63) is 72.9 Å². The molecule has 5 nitrogen and oxygen atoms in total. The average molecular weight is 392 g/mol. The second-order valence-corrected chi connectivity index (χ2v) is 9.22. The maximum atomic E-state index is 14.7. The summed E-state index contributed by atoms with van der Waals surface area (Å²) in [6.07, 6.45) is 1.78. The van der Waals surface area contributed by atoms with Gasteiger partial charge in [-0.05, 0) is 54.6 Å². The van der Waals surface area contributed by atoms with Crippen LogP contribution in [0.25, 0.3) is 10.9 Å². The van der Waals surface area contributed by atoms with Crippen LogP contribution in [0.15, 0.2) is 72.9 Å². The molecule has 1 aromatic heterocycles. The van der Waals surface area contributed by atoms with E-state index in [2.05, 4.69) is 5.10 Å². The third-order valence-corrected chi connectivity index (χ3v) is 8.10. The summed E-state index contributed by atoms with van der Waals surface area (Å²) in [5.41, 5.74) is 0.944. The molecule has 4 rings (SSSR count). The van der Waals surface area contributed by atoms with Gasteiger partial charge < -0.3 is 14.0 Å². The predicted octanol–water partition coefficient (Wildman–Crippen LogP) is 3.23. The topological polar surface area (TPSA) is 53.4 Å². The lowest BCUT2D eigenvalue weighted by molar-refractivity contribution is 0.415. The first-order valence-corrected chi connectivity index (χ1v) is 10.6. The molecule has 142 valence electrons. The number of aromatic nitrogens is 2. The highest BCUT2D eigenvalue weighted by molar-refractivity contribution is 7.85. The van der Waals surface area contributed by atoms with Crippen molar-refractivity contribution < 1.29 is 14.0 Å². The summed E-state index contributed by atoms with van der Waals surface area (Å²) in [6.45, 7) is 0. The minimum absolute atomic E-state index is 0.726. The lowest BCUT2D eigenvalue weighted by Crippen LogP contribution is -2.25. The maximum Gasteiger partial charge on any atom is 0.171 e.